The second-order valence-corrected chi connectivity index (χ2v) is 3.72. The summed E-state index contributed by atoms with van der Waals surface area (Å²) in [6, 6.07) is 0. The molecule has 82 valence electrons. The molecule has 1 aliphatic heterocycles. The average molecular weight is 221 g/mol. The summed E-state index contributed by atoms with van der Waals surface area (Å²) in [5.41, 5.74) is 0. The van der Waals surface area contributed by atoms with Gasteiger partial charge in [0, 0.05) is 45.7 Å². The molecule has 0 aromatic carbocycles. The van der Waals surface area contributed by atoms with E-state index in [0.717, 1.165) is 32.7 Å². The van der Waals surface area contributed by atoms with Crippen LogP contribution in [0, 0.1) is 0 Å². The number of carbonyl (C=O) groups excluding carboxylic acids is 1. The fourth-order valence-electron chi connectivity index (χ4n) is 1.56. The molecule has 1 fully saturated rings. The van der Waals surface area contributed by atoms with Gasteiger partial charge >= 0.3 is 0 Å². The number of methoxy groups -OCH3 is 1. The highest BCUT2D eigenvalue weighted by Gasteiger charge is 2.19. The molecule has 0 unspecified atom stereocenters. The molecule has 0 aliphatic carbocycles. The Morgan fingerprint density at radius 1 is 1.36 bits per heavy atom. The fourth-order valence-corrected chi connectivity index (χ4v) is 1.79. The Kier molecular flexibility index (Phi) is 5.22. The molecule has 0 radical (unpaired) electrons. The van der Waals surface area contributed by atoms with Crippen LogP contribution in [0.3, 0.4) is 0 Å². The molecule has 0 spiro atoms. The van der Waals surface area contributed by atoms with E-state index < -0.39 is 0 Å². The van der Waals surface area contributed by atoms with E-state index >= 15 is 0 Å². The van der Waals surface area contributed by atoms with E-state index in [4.69, 9.17) is 16.3 Å². The minimum absolute atomic E-state index is 0.0815. The third-order valence-electron chi connectivity index (χ3n) is 2.39. The second-order valence-electron chi connectivity index (χ2n) is 3.34. The highest BCUT2D eigenvalue weighted by molar-refractivity contribution is 6.18. The van der Waals surface area contributed by atoms with Crippen molar-refractivity contribution in [2.24, 2.45) is 0 Å². The van der Waals surface area contributed by atoms with Crippen molar-refractivity contribution in [1.82, 2.24) is 9.80 Å². The first-order valence-corrected chi connectivity index (χ1v) is 5.36. The van der Waals surface area contributed by atoms with Gasteiger partial charge in [-0.1, -0.05) is 0 Å². The van der Waals surface area contributed by atoms with Crippen molar-refractivity contribution in [3.8, 4) is 0 Å². The summed E-state index contributed by atoms with van der Waals surface area (Å²) in [7, 11) is 1.54. The lowest BCUT2D eigenvalue weighted by molar-refractivity contribution is -0.136. The van der Waals surface area contributed by atoms with Gasteiger partial charge in [0.2, 0.25) is 5.91 Å². The third-order valence-corrected chi connectivity index (χ3v) is 2.56. The molecular formula is C9H17ClN2O2. The molecule has 1 aliphatic rings. The molecular weight excluding hydrogens is 204 g/mol. The van der Waals surface area contributed by atoms with E-state index in [0.29, 0.717) is 5.88 Å². The smallest absolute Gasteiger partial charge is 0.248 e. The molecule has 1 rings (SSSR count). The van der Waals surface area contributed by atoms with Crippen molar-refractivity contribution >= 4 is 17.5 Å². The lowest BCUT2D eigenvalue weighted by Crippen LogP contribution is -2.49. The second kappa shape index (κ2) is 6.22. The van der Waals surface area contributed by atoms with Crippen molar-refractivity contribution in [2.75, 3.05) is 52.3 Å². The van der Waals surface area contributed by atoms with E-state index in [1.54, 1.807) is 7.11 Å². The van der Waals surface area contributed by atoms with Crippen molar-refractivity contribution in [2.45, 2.75) is 0 Å². The predicted octanol–water partition coefficient (Wildman–Crippen LogP) is 0.0158. The van der Waals surface area contributed by atoms with Crippen LogP contribution in [0.1, 0.15) is 0 Å². The largest absolute Gasteiger partial charge is 0.375 e. The highest BCUT2D eigenvalue weighted by atomic mass is 35.5. The van der Waals surface area contributed by atoms with Crippen molar-refractivity contribution < 1.29 is 9.53 Å². The number of hydrogen-bond acceptors (Lipinski definition) is 3. The Labute approximate surface area is 89.8 Å². The molecule has 0 bridgehead atoms. The zero-order valence-electron chi connectivity index (χ0n) is 8.54. The van der Waals surface area contributed by atoms with Crippen LogP contribution >= 0.6 is 11.6 Å². The van der Waals surface area contributed by atoms with Gasteiger partial charge in [0.25, 0.3) is 0 Å². The monoisotopic (exact) mass is 220 g/mol. The maximum atomic E-state index is 11.4. The number of amides is 1. The van der Waals surface area contributed by atoms with Crippen LogP contribution in [-0.2, 0) is 9.53 Å². The number of ether oxygens (including phenoxy) is 1. The van der Waals surface area contributed by atoms with Crippen LogP contribution < -0.4 is 0 Å². The van der Waals surface area contributed by atoms with Crippen LogP contribution in [-0.4, -0.2) is 68.0 Å². The van der Waals surface area contributed by atoms with Crippen LogP contribution in [0.25, 0.3) is 0 Å². The number of piperazine rings is 1. The average Bonchev–Trinajstić information content (AvgIpc) is 2.20. The number of alkyl halides is 1. The number of hydrogen-bond donors (Lipinski definition) is 0. The van der Waals surface area contributed by atoms with Gasteiger partial charge in [0.05, 0.1) is 0 Å². The summed E-state index contributed by atoms with van der Waals surface area (Å²) >= 11 is 5.64. The van der Waals surface area contributed by atoms with E-state index in [-0.39, 0.29) is 12.5 Å². The summed E-state index contributed by atoms with van der Waals surface area (Å²) < 4.78 is 4.81. The van der Waals surface area contributed by atoms with Crippen molar-refractivity contribution in [1.29, 1.82) is 0 Å². The standard InChI is InChI=1S/C9H17ClN2O2/c1-14-8-9(13)12-6-4-11(3-2-10)5-7-12/h2-8H2,1H3. The first kappa shape index (κ1) is 11.8. The summed E-state index contributed by atoms with van der Waals surface area (Å²) in [5, 5.41) is 0. The topological polar surface area (TPSA) is 32.8 Å². The third kappa shape index (κ3) is 3.44. The minimum atomic E-state index is 0.0815. The van der Waals surface area contributed by atoms with Gasteiger partial charge in [0.1, 0.15) is 6.61 Å². The number of carbonyl (C=O) groups is 1. The van der Waals surface area contributed by atoms with Crippen LogP contribution in [0.2, 0.25) is 0 Å². The quantitative estimate of drug-likeness (QED) is 0.626. The minimum Gasteiger partial charge on any atom is -0.375 e. The van der Waals surface area contributed by atoms with Crippen molar-refractivity contribution in [3.63, 3.8) is 0 Å². The van der Waals surface area contributed by atoms with Gasteiger partial charge < -0.3 is 9.64 Å². The van der Waals surface area contributed by atoms with Gasteiger partial charge in [-0.25, -0.2) is 0 Å². The van der Waals surface area contributed by atoms with E-state index in [1.165, 1.54) is 0 Å². The Morgan fingerprint density at radius 3 is 2.50 bits per heavy atom. The maximum absolute atomic E-state index is 11.4. The number of rotatable bonds is 4. The van der Waals surface area contributed by atoms with Gasteiger partial charge in [-0.3, -0.25) is 9.69 Å². The van der Waals surface area contributed by atoms with Crippen molar-refractivity contribution in [3.05, 3.63) is 0 Å². The molecule has 4 nitrogen and oxygen atoms in total. The molecule has 14 heavy (non-hydrogen) atoms. The summed E-state index contributed by atoms with van der Waals surface area (Å²) in [6.45, 7) is 4.52. The predicted molar refractivity (Wildman–Crippen MR) is 55.6 cm³/mol. The van der Waals surface area contributed by atoms with Gasteiger partial charge in [0.15, 0.2) is 0 Å². The fraction of sp³-hybridized carbons (Fsp3) is 0.889. The van der Waals surface area contributed by atoms with E-state index in [2.05, 4.69) is 4.90 Å². The van der Waals surface area contributed by atoms with Crippen LogP contribution in [0.15, 0.2) is 0 Å². The van der Waals surface area contributed by atoms with Gasteiger partial charge in [-0.05, 0) is 0 Å². The summed E-state index contributed by atoms with van der Waals surface area (Å²) in [6.07, 6.45) is 0. The molecule has 0 aromatic heterocycles. The molecule has 1 amide bonds. The maximum Gasteiger partial charge on any atom is 0.248 e. The summed E-state index contributed by atoms with van der Waals surface area (Å²) in [4.78, 5) is 15.5. The molecule has 0 aromatic rings. The first-order valence-electron chi connectivity index (χ1n) is 4.83. The molecule has 0 saturated carbocycles. The number of halogens is 1. The molecule has 5 heteroatoms. The SMILES string of the molecule is COCC(=O)N1CCN(CCCl)CC1. The zero-order chi connectivity index (χ0) is 10.4. The first-order chi connectivity index (χ1) is 6.77. The normalized spacial score (nSPS) is 18.6. The van der Waals surface area contributed by atoms with Gasteiger partial charge in [-0.15, -0.1) is 11.6 Å². The molecule has 1 saturated heterocycles. The zero-order valence-corrected chi connectivity index (χ0v) is 9.29. The molecule has 0 atom stereocenters. The van der Waals surface area contributed by atoms with Crippen LogP contribution in [0.4, 0.5) is 0 Å². The Balaban J connectivity index is 2.24. The van der Waals surface area contributed by atoms with Gasteiger partial charge in [-0.2, -0.15) is 0 Å². The molecule has 1 heterocycles. The highest BCUT2D eigenvalue weighted by Crippen LogP contribution is 2.02. The number of nitrogens with zero attached hydrogens (tertiary/aromatic N) is 2. The van der Waals surface area contributed by atoms with Crippen LogP contribution in [0.5, 0.6) is 0 Å². The Bertz CT molecular complexity index is 182. The Morgan fingerprint density at radius 2 is 2.00 bits per heavy atom. The van der Waals surface area contributed by atoms with E-state index in [9.17, 15) is 4.79 Å². The summed E-state index contributed by atoms with van der Waals surface area (Å²) in [5.74, 6) is 0.740. The van der Waals surface area contributed by atoms with E-state index in [1.807, 2.05) is 4.90 Å². The Hall–Kier alpha value is -0.320. The lowest BCUT2D eigenvalue weighted by Gasteiger charge is -2.34. The molecule has 0 N–H and O–H groups in total. The lowest BCUT2D eigenvalue weighted by atomic mass is 10.3.